The number of aromatic nitrogens is 3. The van der Waals surface area contributed by atoms with Gasteiger partial charge in [-0.25, -0.2) is 9.97 Å². The van der Waals surface area contributed by atoms with Crippen molar-refractivity contribution in [2.45, 2.75) is 53.1 Å². The number of hydrogen-bond acceptors (Lipinski definition) is 8. The van der Waals surface area contributed by atoms with Gasteiger partial charge in [-0.05, 0) is 51.8 Å². The van der Waals surface area contributed by atoms with Crippen LogP contribution < -0.4 is 10.9 Å². The number of amides is 1. The van der Waals surface area contributed by atoms with Crippen LogP contribution in [0.4, 0.5) is 5.13 Å². The van der Waals surface area contributed by atoms with E-state index in [9.17, 15) is 14.4 Å². The fourth-order valence-corrected chi connectivity index (χ4v) is 6.38. The van der Waals surface area contributed by atoms with E-state index in [1.807, 2.05) is 19.0 Å². The second-order valence-electron chi connectivity index (χ2n) is 8.73. The number of nitrogens with zero attached hydrogens (tertiary/aromatic N) is 4. The van der Waals surface area contributed by atoms with Gasteiger partial charge in [-0.2, -0.15) is 0 Å². The first kappa shape index (κ1) is 22.8. The maximum Gasteiger partial charge on any atom is 0.263 e. The van der Waals surface area contributed by atoms with Crippen molar-refractivity contribution in [3.05, 3.63) is 37.2 Å². The minimum atomic E-state index is -0.366. The molecule has 0 aromatic carbocycles. The number of fused-ring (bicyclic) bond motifs is 3. The second kappa shape index (κ2) is 8.84. The summed E-state index contributed by atoms with van der Waals surface area (Å²) in [6.07, 6.45) is 2.90. The summed E-state index contributed by atoms with van der Waals surface area (Å²) in [4.78, 5) is 51.6. The van der Waals surface area contributed by atoms with E-state index in [2.05, 4.69) is 17.2 Å². The summed E-state index contributed by atoms with van der Waals surface area (Å²) < 4.78 is 1.48. The fraction of sp³-hybridized carbons (Fsp3) is 0.500. The van der Waals surface area contributed by atoms with Crippen LogP contribution in [0.3, 0.4) is 0 Å². The molecule has 1 N–H and O–H groups in total. The Bertz CT molecular complexity index is 1270. The molecule has 1 unspecified atom stereocenters. The van der Waals surface area contributed by atoms with Gasteiger partial charge in [0.15, 0.2) is 10.9 Å². The summed E-state index contributed by atoms with van der Waals surface area (Å²) in [7, 11) is 3.81. The first-order valence-corrected chi connectivity index (χ1v) is 12.2. The number of carbonyl (C=O) groups excluding carboxylic acids is 2. The summed E-state index contributed by atoms with van der Waals surface area (Å²) >= 11 is 2.76. The Morgan fingerprint density at radius 3 is 2.66 bits per heavy atom. The lowest BCUT2D eigenvalue weighted by molar-refractivity contribution is -0.116. The number of rotatable bonds is 6. The van der Waals surface area contributed by atoms with E-state index in [1.54, 1.807) is 18.3 Å². The molecule has 0 bridgehead atoms. The van der Waals surface area contributed by atoms with Crippen LogP contribution >= 0.6 is 22.7 Å². The molecule has 1 aliphatic carbocycles. The van der Waals surface area contributed by atoms with Crippen LogP contribution in [-0.2, 0) is 30.7 Å². The topological polar surface area (TPSA) is 97.2 Å². The van der Waals surface area contributed by atoms with Gasteiger partial charge in [-0.15, -0.1) is 11.3 Å². The van der Waals surface area contributed by atoms with Gasteiger partial charge in [0.05, 0.1) is 22.5 Å². The van der Waals surface area contributed by atoms with Crippen LogP contribution in [0.25, 0.3) is 10.2 Å². The Hall–Kier alpha value is -2.43. The molecular formula is C22H27N5O3S2. The van der Waals surface area contributed by atoms with Crippen LogP contribution in [0.5, 0.6) is 0 Å². The number of hydrogen-bond donors (Lipinski definition) is 1. The number of aryl methyl sites for hydroxylation is 2. The highest BCUT2D eigenvalue weighted by atomic mass is 32.1. The van der Waals surface area contributed by atoms with Gasteiger partial charge < -0.3 is 10.2 Å². The summed E-state index contributed by atoms with van der Waals surface area (Å²) in [6, 6.07) is 0. The van der Waals surface area contributed by atoms with Crippen molar-refractivity contribution < 1.29 is 9.59 Å². The Morgan fingerprint density at radius 1 is 1.25 bits per heavy atom. The van der Waals surface area contributed by atoms with Gasteiger partial charge in [0.2, 0.25) is 5.91 Å². The van der Waals surface area contributed by atoms with E-state index in [-0.39, 0.29) is 23.8 Å². The molecule has 10 heteroatoms. The third-order valence-electron chi connectivity index (χ3n) is 5.62. The van der Waals surface area contributed by atoms with Crippen LogP contribution in [0, 0.1) is 12.8 Å². The minimum Gasteiger partial charge on any atom is -0.302 e. The number of anilines is 1. The molecule has 3 aromatic rings. The molecule has 0 aliphatic heterocycles. The lowest BCUT2D eigenvalue weighted by Crippen LogP contribution is -2.33. The second-order valence-corrected chi connectivity index (χ2v) is 10.8. The van der Waals surface area contributed by atoms with Gasteiger partial charge in [0.25, 0.3) is 5.56 Å². The van der Waals surface area contributed by atoms with Gasteiger partial charge in [-0.3, -0.25) is 19.0 Å². The van der Waals surface area contributed by atoms with Crippen molar-refractivity contribution in [3.63, 3.8) is 0 Å². The highest BCUT2D eigenvalue weighted by Crippen LogP contribution is 2.36. The van der Waals surface area contributed by atoms with Crippen molar-refractivity contribution >= 4 is 49.7 Å². The number of Topliss-reactive ketones (excluding diaryl/α,β-unsaturated/α-hetero) is 1. The van der Waals surface area contributed by atoms with Crippen molar-refractivity contribution in [1.29, 1.82) is 0 Å². The smallest absolute Gasteiger partial charge is 0.263 e. The van der Waals surface area contributed by atoms with Crippen LogP contribution in [0.2, 0.25) is 0 Å². The van der Waals surface area contributed by atoms with E-state index in [0.29, 0.717) is 39.4 Å². The molecule has 0 spiro atoms. The van der Waals surface area contributed by atoms with Gasteiger partial charge in [-0.1, -0.05) is 18.3 Å². The summed E-state index contributed by atoms with van der Waals surface area (Å²) in [5.41, 5.74) is 1.53. The highest BCUT2D eigenvalue weighted by Gasteiger charge is 2.25. The summed E-state index contributed by atoms with van der Waals surface area (Å²) in [5.74, 6) is 0.714. The van der Waals surface area contributed by atoms with Gasteiger partial charge in [0, 0.05) is 11.8 Å². The van der Waals surface area contributed by atoms with E-state index in [1.165, 1.54) is 16.4 Å². The van der Waals surface area contributed by atoms with Crippen LogP contribution in [0.15, 0.2) is 4.79 Å². The Morgan fingerprint density at radius 2 is 2.00 bits per heavy atom. The first-order chi connectivity index (χ1) is 15.1. The first-order valence-electron chi connectivity index (χ1n) is 10.6. The molecule has 1 aliphatic rings. The van der Waals surface area contributed by atoms with E-state index >= 15 is 0 Å². The highest BCUT2D eigenvalue weighted by molar-refractivity contribution is 7.19. The number of thiophene rings is 1. The van der Waals surface area contributed by atoms with Crippen LogP contribution in [0.1, 0.15) is 51.9 Å². The molecule has 3 aromatic heterocycles. The SMILES string of the molecule is CC(=O)c1sc(NC(=O)Cn2c(CN(C)C)nc3sc4c(c3c2=O)CCC(C)C4)nc1C. The molecule has 0 saturated heterocycles. The molecule has 0 radical (unpaired) electrons. The maximum atomic E-state index is 13.6. The Kier molecular flexibility index (Phi) is 6.28. The van der Waals surface area contributed by atoms with Gasteiger partial charge >= 0.3 is 0 Å². The minimum absolute atomic E-state index is 0.0869. The van der Waals surface area contributed by atoms with Gasteiger partial charge in [0.1, 0.15) is 17.2 Å². The number of ketones is 1. The molecular weight excluding hydrogens is 446 g/mol. The lowest BCUT2D eigenvalue weighted by atomic mass is 9.89. The summed E-state index contributed by atoms with van der Waals surface area (Å²) in [6.45, 7) is 5.74. The zero-order chi connectivity index (χ0) is 23.2. The van der Waals surface area contributed by atoms with E-state index < -0.39 is 0 Å². The van der Waals surface area contributed by atoms with E-state index in [4.69, 9.17) is 4.98 Å². The predicted octanol–water partition coefficient (Wildman–Crippen LogP) is 3.25. The fourth-order valence-electron chi connectivity index (χ4n) is 4.11. The third kappa shape index (κ3) is 4.39. The molecule has 4 rings (SSSR count). The Labute approximate surface area is 194 Å². The predicted molar refractivity (Wildman–Crippen MR) is 128 cm³/mol. The Balaban J connectivity index is 1.70. The van der Waals surface area contributed by atoms with E-state index in [0.717, 1.165) is 41.0 Å². The zero-order valence-electron chi connectivity index (χ0n) is 18.9. The summed E-state index contributed by atoms with van der Waals surface area (Å²) in [5, 5.41) is 3.76. The average molecular weight is 474 g/mol. The third-order valence-corrected chi connectivity index (χ3v) is 7.94. The van der Waals surface area contributed by atoms with Crippen molar-refractivity contribution in [1.82, 2.24) is 19.4 Å². The normalized spacial score (nSPS) is 15.9. The standard InChI is InChI=1S/C22H27N5O3S2/c1-11-6-7-14-15(8-11)31-20-18(14)21(30)27(16(24-20)9-26(4)5)10-17(29)25-22-23-12(2)19(32-22)13(3)28/h11H,6-10H2,1-5H3,(H,23,25,29). The van der Waals surface area contributed by atoms with Crippen molar-refractivity contribution in [2.75, 3.05) is 19.4 Å². The van der Waals surface area contributed by atoms with Crippen molar-refractivity contribution in [2.24, 2.45) is 5.92 Å². The molecule has 1 amide bonds. The molecule has 170 valence electrons. The average Bonchev–Trinajstić information content (AvgIpc) is 3.23. The lowest BCUT2D eigenvalue weighted by Gasteiger charge is -2.18. The number of thiazole rings is 1. The van der Waals surface area contributed by atoms with Crippen LogP contribution in [-0.4, -0.2) is 45.2 Å². The monoisotopic (exact) mass is 473 g/mol. The molecule has 1 atom stereocenters. The zero-order valence-corrected chi connectivity index (χ0v) is 20.6. The maximum absolute atomic E-state index is 13.6. The molecule has 32 heavy (non-hydrogen) atoms. The number of carbonyl (C=O) groups is 2. The molecule has 3 heterocycles. The van der Waals surface area contributed by atoms with Crippen molar-refractivity contribution in [3.8, 4) is 0 Å². The molecule has 8 nitrogen and oxygen atoms in total. The molecule has 0 fully saturated rings. The largest absolute Gasteiger partial charge is 0.302 e. The quantitative estimate of drug-likeness (QED) is 0.552. The number of nitrogens with one attached hydrogen (secondary N) is 1. The molecule has 0 saturated carbocycles.